The van der Waals surface area contributed by atoms with Crippen molar-refractivity contribution in [1.29, 1.82) is 0 Å². The number of benzene rings is 1. The number of nitrogens with zero attached hydrogens (tertiary/aromatic N) is 2. The van der Waals surface area contributed by atoms with Gasteiger partial charge in [-0.3, -0.25) is 9.69 Å². The molecule has 1 amide bonds. The van der Waals surface area contributed by atoms with Gasteiger partial charge in [-0.15, -0.1) is 0 Å². The summed E-state index contributed by atoms with van der Waals surface area (Å²) in [6, 6.07) is 10.8. The number of pyridine rings is 1. The zero-order valence-electron chi connectivity index (χ0n) is 17.7. The molecule has 0 bridgehead atoms. The molecule has 0 unspecified atom stereocenters. The Labute approximate surface area is 175 Å². The molecule has 4 nitrogen and oxygen atoms in total. The summed E-state index contributed by atoms with van der Waals surface area (Å²) < 4.78 is 38.2. The van der Waals surface area contributed by atoms with Crippen molar-refractivity contribution in [2.75, 3.05) is 31.1 Å². The summed E-state index contributed by atoms with van der Waals surface area (Å²) in [6.45, 7) is 8.54. The number of alkyl halides is 3. The number of halogens is 3. The summed E-state index contributed by atoms with van der Waals surface area (Å²) in [6.07, 6.45) is -2.35. The quantitative estimate of drug-likeness (QED) is 0.728. The normalized spacial score (nSPS) is 16.1. The van der Waals surface area contributed by atoms with Gasteiger partial charge in [0.25, 0.3) is 5.82 Å². The number of amides is 1. The van der Waals surface area contributed by atoms with Crippen molar-refractivity contribution in [3.05, 3.63) is 59.3 Å². The van der Waals surface area contributed by atoms with E-state index < -0.39 is 11.7 Å². The highest BCUT2D eigenvalue weighted by atomic mass is 19.4. The van der Waals surface area contributed by atoms with E-state index in [4.69, 9.17) is 0 Å². The van der Waals surface area contributed by atoms with Gasteiger partial charge in [-0.1, -0.05) is 38.1 Å². The molecule has 0 radical (unpaired) electrons. The molecule has 1 saturated heterocycles. The molecule has 3 rings (SSSR count). The van der Waals surface area contributed by atoms with Crippen LogP contribution in [0.1, 0.15) is 43.4 Å². The number of carbonyl (C=O) groups is 1. The molecule has 0 aliphatic carbocycles. The second kappa shape index (κ2) is 9.06. The maximum atomic E-state index is 12.9. The maximum absolute atomic E-state index is 12.9. The van der Waals surface area contributed by atoms with Gasteiger partial charge in [0.2, 0.25) is 5.91 Å². The second-order valence-corrected chi connectivity index (χ2v) is 8.33. The topological polar surface area (TPSA) is 37.7 Å². The lowest BCUT2D eigenvalue weighted by atomic mass is 9.95. The van der Waals surface area contributed by atoms with Crippen LogP contribution in [-0.2, 0) is 17.4 Å². The molecule has 1 atom stereocenters. The van der Waals surface area contributed by atoms with Crippen LogP contribution in [-0.4, -0.2) is 37.0 Å². The Hall–Kier alpha value is -2.57. The van der Waals surface area contributed by atoms with Crippen LogP contribution in [0, 0.1) is 5.92 Å². The average Bonchev–Trinajstić information content (AvgIpc) is 2.72. The molecule has 1 aliphatic heterocycles. The molecular weight excluding hydrogens is 391 g/mol. The number of aromatic nitrogens is 1. The fourth-order valence-corrected chi connectivity index (χ4v) is 3.79. The largest absolute Gasteiger partial charge is 0.419 e. The number of rotatable bonds is 5. The number of hydrogen-bond donors (Lipinski definition) is 0. The molecule has 162 valence electrons. The predicted octanol–water partition coefficient (Wildman–Crippen LogP) is 4.17. The molecule has 30 heavy (non-hydrogen) atoms. The van der Waals surface area contributed by atoms with Gasteiger partial charge in [0.15, 0.2) is 0 Å². The fraction of sp³-hybridized carbons (Fsp3) is 0.478. The van der Waals surface area contributed by atoms with Crippen molar-refractivity contribution < 1.29 is 22.9 Å². The fourth-order valence-electron chi connectivity index (χ4n) is 3.79. The first-order valence-corrected chi connectivity index (χ1v) is 10.4. The first kappa shape index (κ1) is 22.1. The summed E-state index contributed by atoms with van der Waals surface area (Å²) in [5, 5.41) is 0. The second-order valence-electron chi connectivity index (χ2n) is 8.33. The maximum Gasteiger partial charge on any atom is 0.419 e. The minimum atomic E-state index is -4.36. The van der Waals surface area contributed by atoms with E-state index in [9.17, 15) is 18.0 Å². The highest BCUT2D eigenvalue weighted by Crippen LogP contribution is 2.28. The standard InChI is InChI=1S/C23H28F3N3O/c1-16(2)14-18-4-6-19(7-5-18)17(3)22(30)29-12-10-28(11-13-29)21-9-8-20(15-27-21)23(24,25)26/h4-9,15-17H,10-14H2,1-3H3/p+1/t17-/m0/s1. The van der Waals surface area contributed by atoms with Crippen molar-refractivity contribution in [1.82, 2.24) is 4.90 Å². The Morgan fingerprint density at radius 1 is 1.00 bits per heavy atom. The molecule has 2 aromatic rings. The van der Waals surface area contributed by atoms with E-state index in [0.717, 1.165) is 24.2 Å². The third-order valence-electron chi connectivity index (χ3n) is 5.55. The summed E-state index contributed by atoms with van der Waals surface area (Å²) in [4.78, 5) is 19.5. The minimum absolute atomic E-state index is 0.0858. The Morgan fingerprint density at radius 3 is 2.13 bits per heavy atom. The summed E-state index contributed by atoms with van der Waals surface area (Å²) in [7, 11) is 0. The van der Waals surface area contributed by atoms with Crippen LogP contribution < -0.4 is 9.88 Å². The van der Waals surface area contributed by atoms with Crippen molar-refractivity contribution in [2.45, 2.75) is 39.3 Å². The molecule has 1 aromatic carbocycles. The smallest absolute Gasteiger partial charge is 0.334 e. The zero-order chi connectivity index (χ0) is 21.9. The molecule has 1 aromatic heterocycles. The van der Waals surface area contributed by atoms with Crippen molar-refractivity contribution >= 4 is 11.7 Å². The van der Waals surface area contributed by atoms with Crippen LogP contribution in [0.2, 0.25) is 0 Å². The van der Waals surface area contributed by atoms with Crippen molar-refractivity contribution in [3.63, 3.8) is 0 Å². The average molecular weight is 420 g/mol. The molecule has 0 spiro atoms. The number of carbonyl (C=O) groups excluding carboxylic acids is 1. The van der Waals surface area contributed by atoms with Gasteiger partial charge in [0.1, 0.15) is 19.3 Å². The van der Waals surface area contributed by atoms with Gasteiger partial charge >= 0.3 is 6.18 Å². The van der Waals surface area contributed by atoms with Gasteiger partial charge < -0.3 is 4.90 Å². The third kappa shape index (κ3) is 5.32. The van der Waals surface area contributed by atoms with Crippen LogP contribution in [0.4, 0.5) is 19.0 Å². The van der Waals surface area contributed by atoms with E-state index in [1.54, 1.807) is 0 Å². The van der Waals surface area contributed by atoms with Crippen LogP contribution in [0.15, 0.2) is 42.6 Å². The number of hydrogen-bond acceptors (Lipinski definition) is 2. The Balaban J connectivity index is 1.57. The summed E-state index contributed by atoms with van der Waals surface area (Å²) in [5.41, 5.74) is 1.58. The molecular formula is C23H29F3N3O+. The number of anilines is 1. The SMILES string of the molecule is CC(C)Cc1ccc([C@H](C)C(=O)N2CCN(c3ccc(C(F)(F)F)c[nH+]3)CC2)cc1. The minimum Gasteiger partial charge on any atom is -0.334 e. The van der Waals surface area contributed by atoms with Crippen molar-refractivity contribution in [3.8, 4) is 0 Å². The van der Waals surface area contributed by atoms with Gasteiger partial charge in [-0.25, -0.2) is 4.98 Å². The molecule has 1 fully saturated rings. The van der Waals surface area contributed by atoms with Crippen LogP contribution >= 0.6 is 0 Å². The van der Waals surface area contributed by atoms with Gasteiger partial charge in [-0.05, 0) is 36.5 Å². The number of piperazine rings is 1. The van der Waals surface area contributed by atoms with Crippen molar-refractivity contribution in [2.24, 2.45) is 5.92 Å². The molecule has 1 N–H and O–H groups in total. The van der Waals surface area contributed by atoms with Crippen LogP contribution in [0.25, 0.3) is 0 Å². The van der Waals surface area contributed by atoms with E-state index in [0.29, 0.717) is 37.9 Å². The van der Waals surface area contributed by atoms with E-state index in [1.165, 1.54) is 11.6 Å². The predicted molar refractivity (Wildman–Crippen MR) is 110 cm³/mol. The van der Waals surface area contributed by atoms with Gasteiger partial charge in [0.05, 0.1) is 24.6 Å². The Bertz CT molecular complexity index is 839. The molecule has 7 heteroatoms. The van der Waals surface area contributed by atoms with Crippen LogP contribution in [0.5, 0.6) is 0 Å². The van der Waals surface area contributed by atoms with Gasteiger partial charge in [-0.2, -0.15) is 13.2 Å². The first-order chi connectivity index (χ1) is 14.1. The lowest BCUT2D eigenvalue weighted by Gasteiger charge is -2.32. The summed E-state index contributed by atoms with van der Waals surface area (Å²) >= 11 is 0. The highest BCUT2D eigenvalue weighted by Gasteiger charge is 2.33. The monoisotopic (exact) mass is 420 g/mol. The van der Waals surface area contributed by atoms with E-state index in [-0.39, 0.29) is 11.8 Å². The highest BCUT2D eigenvalue weighted by molar-refractivity contribution is 5.83. The molecule has 2 heterocycles. The van der Waals surface area contributed by atoms with E-state index in [1.807, 2.05) is 28.9 Å². The number of H-pyrrole nitrogens is 1. The zero-order valence-corrected chi connectivity index (χ0v) is 17.7. The lowest BCUT2D eigenvalue weighted by Crippen LogP contribution is -2.51. The van der Waals surface area contributed by atoms with E-state index >= 15 is 0 Å². The Kier molecular flexibility index (Phi) is 6.68. The van der Waals surface area contributed by atoms with Gasteiger partial charge in [0, 0.05) is 6.07 Å². The van der Waals surface area contributed by atoms with Crippen LogP contribution in [0.3, 0.4) is 0 Å². The Morgan fingerprint density at radius 2 is 1.63 bits per heavy atom. The molecule has 1 aliphatic rings. The summed E-state index contributed by atoms with van der Waals surface area (Å²) in [5.74, 6) is 1.09. The first-order valence-electron chi connectivity index (χ1n) is 10.4. The molecule has 0 saturated carbocycles. The van der Waals surface area contributed by atoms with E-state index in [2.05, 4.69) is 31.0 Å². The third-order valence-corrected chi connectivity index (χ3v) is 5.55. The number of nitrogens with one attached hydrogen (secondary N) is 1. The lowest BCUT2D eigenvalue weighted by molar-refractivity contribution is -0.367. The number of aromatic amines is 1.